The van der Waals surface area contributed by atoms with Gasteiger partial charge in [-0.05, 0) is 27.4 Å². The Morgan fingerprint density at radius 1 is 1.50 bits per heavy atom. The maximum Gasteiger partial charge on any atom is 0.313 e. The molecular formula is C6H4BrN3OS. The predicted molar refractivity (Wildman–Crippen MR) is 49.7 cm³/mol. The Bertz CT molecular complexity index is 397. The van der Waals surface area contributed by atoms with Crippen LogP contribution in [0.2, 0.25) is 0 Å². The lowest BCUT2D eigenvalue weighted by atomic mass is 10.5. The fourth-order valence-corrected chi connectivity index (χ4v) is 2.23. The molecule has 0 aliphatic rings. The largest absolute Gasteiger partial charge is 0.403 e. The standard InChI is InChI=1S/C6H4BrN3OS/c7-3-1-2-12-4(3)5-9-10-6(8)11-5/h1-2H,(H2,8,10). The molecule has 2 aromatic rings. The van der Waals surface area contributed by atoms with Crippen molar-refractivity contribution in [3.05, 3.63) is 15.9 Å². The number of halogens is 1. The molecule has 0 bridgehead atoms. The van der Waals surface area contributed by atoms with E-state index < -0.39 is 0 Å². The van der Waals surface area contributed by atoms with Crippen molar-refractivity contribution in [2.24, 2.45) is 0 Å². The lowest BCUT2D eigenvalue weighted by Gasteiger charge is -1.87. The van der Waals surface area contributed by atoms with E-state index in [2.05, 4.69) is 26.1 Å². The molecule has 0 fully saturated rings. The molecule has 2 N–H and O–H groups in total. The van der Waals surface area contributed by atoms with Crippen molar-refractivity contribution >= 4 is 33.3 Å². The quantitative estimate of drug-likeness (QED) is 0.837. The van der Waals surface area contributed by atoms with Crippen LogP contribution in [0.15, 0.2) is 20.3 Å². The van der Waals surface area contributed by atoms with Gasteiger partial charge in [-0.1, -0.05) is 5.10 Å². The van der Waals surface area contributed by atoms with Crippen molar-refractivity contribution in [3.63, 3.8) is 0 Å². The second-order valence-electron chi connectivity index (χ2n) is 2.04. The SMILES string of the molecule is Nc1nnc(-c2sccc2Br)o1. The van der Waals surface area contributed by atoms with E-state index in [-0.39, 0.29) is 6.01 Å². The van der Waals surface area contributed by atoms with Crippen LogP contribution in [-0.4, -0.2) is 10.2 Å². The van der Waals surface area contributed by atoms with Crippen LogP contribution >= 0.6 is 27.3 Å². The molecule has 0 saturated carbocycles. The summed E-state index contributed by atoms with van der Waals surface area (Å²) in [5.74, 6) is 0.453. The zero-order valence-electron chi connectivity index (χ0n) is 5.82. The van der Waals surface area contributed by atoms with Crippen molar-refractivity contribution in [1.82, 2.24) is 10.2 Å². The fraction of sp³-hybridized carbons (Fsp3) is 0. The van der Waals surface area contributed by atoms with E-state index in [1.807, 2.05) is 11.4 Å². The number of thiophene rings is 1. The lowest BCUT2D eigenvalue weighted by molar-refractivity contribution is 0.591. The molecule has 6 heteroatoms. The maximum atomic E-state index is 5.28. The summed E-state index contributed by atoms with van der Waals surface area (Å²) >= 11 is 4.87. The second-order valence-corrected chi connectivity index (χ2v) is 3.81. The Labute approximate surface area is 80.5 Å². The summed E-state index contributed by atoms with van der Waals surface area (Å²) < 4.78 is 5.99. The minimum Gasteiger partial charge on any atom is -0.403 e. The molecule has 12 heavy (non-hydrogen) atoms. The van der Waals surface area contributed by atoms with Crippen molar-refractivity contribution in [1.29, 1.82) is 0 Å². The molecule has 0 aromatic carbocycles. The third kappa shape index (κ3) is 1.23. The topological polar surface area (TPSA) is 64.9 Å². The van der Waals surface area contributed by atoms with Gasteiger partial charge < -0.3 is 10.2 Å². The summed E-state index contributed by atoms with van der Waals surface area (Å²) in [5, 5.41) is 9.25. The Morgan fingerprint density at radius 2 is 2.33 bits per heavy atom. The van der Waals surface area contributed by atoms with Gasteiger partial charge in [0, 0.05) is 4.47 Å². The average Bonchev–Trinajstić information content (AvgIpc) is 2.58. The molecule has 0 atom stereocenters. The number of nitrogens with zero attached hydrogens (tertiary/aromatic N) is 2. The molecule has 2 aromatic heterocycles. The molecule has 62 valence electrons. The zero-order valence-corrected chi connectivity index (χ0v) is 8.22. The first-order chi connectivity index (χ1) is 5.77. The highest BCUT2D eigenvalue weighted by Crippen LogP contribution is 2.32. The number of hydrogen-bond donors (Lipinski definition) is 1. The highest BCUT2D eigenvalue weighted by molar-refractivity contribution is 9.10. The van der Waals surface area contributed by atoms with Crippen LogP contribution in [0.4, 0.5) is 6.01 Å². The van der Waals surface area contributed by atoms with E-state index >= 15 is 0 Å². The van der Waals surface area contributed by atoms with Crippen molar-refractivity contribution in [2.75, 3.05) is 5.73 Å². The van der Waals surface area contributed by atoms with E-state index in [1.165, 1.54) is 11.3 Å². The van der Waals surface area contributed by atoms with Gasteiger partial charge >= 0.3 is 6.01 Å². The number of rotatable bonds is 1. The van der Waals surface area contributed by atoms with E-state index in [4.69, 9.17) is 10.2 Å². The van der Waals surface area contributed by atoms with E-state index in [0.29, 0.717) is 5.89 Å². The third-order valence-corrected chi connectivity index (χ3v) is 3.08. The van der Waals surface area contributed by atoms with Gasteiger partial charge in [0.05, 0.1) is 0 Å². The Kier molecular flexibility index (Phi) is 1.86. The van der Waals surface area contributed by atoms with Gasteiger partial charge in [-0.2, -0.15) is 0 Å². The number of aromatic nitrogens is 2. The van der Waals surface area contributed by atoms with Gasteiger partial charge in [0.25, 0.3) is 5.89 Å². The van der Waals surface area contributed by atoms with Crippen molar-refractivity contribution in [3.8, 4) is 10.8 Å². The summed E-state index contributed by atoms with van der Waals surface area (Å²) in [4.78, 5) is 0.902. The normalized spacial score (nSPS) is 10.4. The van der Waals surface area contributed by atoms with Gasteiger partial charge in [0.15, 0.2) is 0 Å². The molecule has 2 heterocycles. The molecule has 0 saturated heterocycles. The molecular weight excluding hydrogens is 242 g/mol. The van der Waals surface area contributed by atoms with E-state index in [9.17, 15) is 0 Å². The minimum atomic E-state index is 0.0882. The minimum absolute atomic E-state index is 0.0882. The Hall–Kier alpha value is -0.880. The third-order valence-electron chi connectivity index (χ3n) is 1.25. The summed E-state index contributed by atoms with van der Waals surface area (Å²) in [5.41, 5.74) is 5.28. The van der Waals surface area contributed by atoms with Gasteiger partial charge in [0.1, 0.15) is 4.88 Å². The molecule has 0 aliphatic heterocycles. The zero-order chi connectivity index (χ0) is 8.55. The van der Waals surface area contributed by atoms with Gasteiger partial charge in [-0.3, -0.25) is 0 Å². The maximum absolute atomic E-state index is 5.28. The van der Waals surface area contributed by atoms with Gasteiger partial charge in [-0.15, -0.1) is 16.4 Å². The first-order valence-electron chi connectivity index (χ1n) is 3.09. The molecule has 0 unspecified atom stereocenters. The molecule has 0 aliphatic carbocycles. The van der Waals surface area contributed by atoms with Crippen LogP contribution in [0.5, 0.6) is 0 Å². The summed E-state index contributed by atoms with van der Waals surface area (Å²) in [6.07, 6.45) is 0. The first-order valence-corrected chi connectivity index (χ1v) is 4.77. The molecule has 4 nitrogen and oxygen atoms in total. The molecule has 0 spiro atoms. The smallest absolute Gasteiger partial charge is 0.313 e. The lowest BCUT2D eigenvalue weighted by Crippen LogP contribution is -1.81. The van der Waals surface area contributed by atoms with E-state index in [1.54, 1.807) is 0 Å². The van der Waals surface area contributed by atoms with Crippen LogP contribution < -0.4 is 5.73 Å². The summed E-state index contributed by atoms with van der Waals surface area (Å²) in [6, 6.07) is 2.01. The van der Waals surface area contributed by atoms with Crippen molar-refractivity contribution in [2.45, 2.75) is 0 Å². The van der Waals surface area contributed by atoms with E-state index in [0.717, 1.165) is 9.35 Å². The Morgan fingerprint density at radius 3 is 2.83 bits per heavy atom. The van der Waals surface area contributed by atoms with Crippen LogP contribution in [0.25, 0.3) is 10.8 Å². The highest BCUT2D eigenvalue weighted by atomic mass is 79.9. The number of hydrogen-bond acceptors (Lipinski definition) is 5. The fourth-order valence-electron chi connectivity index (χ4n) is 0.773. The van der Waals surface area contributed by atoms with Crippen LogP contribution in [0.1, 0.15) is 0 Å². The molecule has 0 amide bonds. The van der Waals surface area contributed by atoms with Crippen LogP contribution in [0, 0.1) is 0 Å². The van der Waals surface area contributed by atoms with Crippen LogP contribution in [-0.2, 0) is 0 Å². The summed E-state index contributed by atoms with van der Waals surface area (Å²) in [6.45, 7) is 0. The highest BCUT2D eigenvalue weighted by Gasteiger charge is 2.10. The van der Waals surface area contributed by atoms with Gasteiger partial charge in [0.2, 0.25) is 0 Å². The molecule has 2 rings (SSSR count). The van der Waals surface area contributed by atoms with Crippen molar-refractivity contribution < 1.29 is 4.42 Å². The predicted octanol–water partition coefficient (Wildman–Crippen LogP) is 2.14. The summed E-state index contributed by atoms with van der Waals surface area (Å²) in [7, 11) is 0. The van der Waals surface area contributed by atoms with Crippen LogP contribution in [0.3, 0.4) is 0 Å². The number of anilines is 1. The Balaban J connectivity index is 2.50. The molecule has 0 radical (unpaired) electrons. The van der Waals surface area contributed by atoms with Gasteiger partial charge in [-0.25, -0.2) is 0 Å². The average molecular weight is 246 g/mol. The number of nitrogens with two attached hydrogens (primary N) is 1. The first kappa shape index (κ1) is 7.75. The number of nitrogen functional groups attached to an aromatic ring is 1. The monoisotopic (exact) mass is 245 g/mol. The second kappa shape index (κ2) is 2.87.